The van der Waals surface area contributed by atoms with Gasteiger partial charge in [-0.05, 0) is 30.3 Å². The maximum absolute atomic E-state index is 9.17. The first-order chi connectivity index (χ1) is 9.69. The molecule has 0 aliphatic rings. The summed E-state index contributed by atoms with van der Waals surface area (Å²) in [6.07, 6.45) is 0. The van der Waals surface area contributed by atoms with E-state index in [-0.39, 0.29) is 0 Å². The molecule has 0 atom stereocenters. The Labute approximate surface area is 125 Å². The van der Waals surface area contributed by atoms with E-state index in [1.165, 1.54) is 7.11 Å². The minimum atomic E-state index is 0.455. The van der Waals surface area contributed by atoms with Crippen LogP contribution in [-0.2, 0) is 0 Å². The van der Waals surface area contributed by atoms with Crippen LogP contribution in [0.4, 0.5) is 11.4 Å². The normalized spacial score (nSPS) is 9.40. The summed E-state index contributed by atoms with van der Waals surface area (Å²) in [6, 6.07) is 14.7. The molecule has 0 heterocycles. The fourth-order valence-electron chi connectivity index (χ4n) is 1.78. The number of hydrogen-bond donors (Lipinski definition) is 1. The van der Waals surface area contributed by atoms with Gasteiger partial charge in [-0.2, -0.15) is 10.5 Å². The second kappa shape index (κ2) is 6.10. The number of rotatable bonds is 3. The average Bonchev–Trinajstić information content (AvgIpc) is 2.49. The molecule has 1 N–H and O–H groups in total. The first kappa shape index (κ1) is 13.9. The summed E-state index contributed by atoms with van der Waals surface area (Å²) in [5, 5.41) is 21.4. The monoisotopic (exact) mass is 327 g/mol. The summed E-state index contributed by atoms with van der Waals surface area (Å²) in [5.74, 6) is 0.552. The fourth-order valence-corrected chi connectivity index (χ4v) is 2.14. The largest absolute Gasteiger partial charge is 0.495 e. The molecule has 0 fully saturated rings. The van der Waals surface area contributed by atoms with Crippen molar-refractivity contribution in [2.45, 2.75) is 0 Å². The molecule has 5 heteroatoms. The molecule has 2 rings (SSSR count). The van der Waals surface area contributed by atoms with Crippen LogP contribution in [0, 0.1) is 22.7 Å². The van der Waals surface area contributed by atoms with Crippen molar-refractivity contribution in [2.24, 2.45) is 0 Å². The molecule has 0 aromatic heterocycles. The summed E-state index contributed by atoms with van der Waals surface area (Å²) in [6.45, 7) is 0. The number of anilines is 2. The minimum absolute atomic E-state index is 0.455. The Morgan fingerprint density at radius 3 is 2.50 bits per heavy atom. The third kappa shape index (κ3) is 2.74. The van der Waals surface area contributed by atoms with Gasteiger partial charge in [-0.1, -0.05) is 22.0 Å². The van der Waals surface area contributed by atoms with Crippen LogP contribution in [0.2, 0.25) is 0 Å². The van der Waals surface area contributed by atoms with Crippen molar-refractivity contribution < 1.29 is 4.74 Å². The van der Waals surface area contributed by atoms with Gasteiger partial charge >= 0.3 is 0 Å². The predicted octanol–water partition coefficient (Wildman–Crippen LogP) is 3.94. The van der Waals surface area contributed by atoms with Gasteiger partial charge in [0.1, 0.15) is 17.9 Å². The van der Waals surface area contributed by atoms with Gasteiger partial charge in [-0.15, -0.1) is 0 Å². The lowest BCUT2D eigenvalue weighted by Gasteiger charge is -2.13. The Kier molecular flexibility index (Phi) is 4.24. The van der Waals surface area contributed by atoms with E-state index >= 15 is 0 Å². The van der Waals surface area contributed by atoms with Crippen molar-refractivity contribution in [2.75, 3.05) is 12.4 Å². The van der Waals surface area contributed by atoms with Crippen LogP contribution in [0.5, 0.6) is 5.75 Å². The zero-order valence-corrected chi connectivity index (χ0v) is 12.2. The number of benzene rings is 2. The number of nitrogens with one attached hydrogen (secondary N) is 1. The van der Waals surface area contributed by atoms with Gasteiger partial charge in [0.05, 0.1) is 29.6 Å². The van der Waals surface area contributed by atoms with Gasteiger partial charge in [0.2, 0.25) is 0 Å². The number of ether oxygens (including phenoxy) is 1. The summed E-state index contributed by atoms with van der Waals surface area (Å²) >= 11 is 3.32. The van der Waals surface area contributed by atoms with Crippen molar-refractivity contribution in [3.63, 3.8) is 0 Å². The highest BCUT2D eigenvalue weighted by atomic mass is 79.9. The molecule has 0 spiro atoms. The van der Waals surface area contributed by atoms with E-state index in [2.05, 4.69) is 33.4 Å². The summed E-state index contributed by atoms with van der Waals surface area (Å²) < 4.78 is 6.07. The average molecular weight is 328 g/mol. The van der Waals surface area contributed by atoms with E-state index in [0.717, 1.165) is 4.47 Å². The summed E-state index contributed by atoms with van der Waals surface area (Å²) in [5.41, 5.74) is 2.11. The molecule has 0 radical (unpaired) electrons. The van der Waals surface area contributed by atoms with Crippen LogP contribution < -0.4 is 10.1 Å². The number of para-hydroxylation sites is 1. The number of nitrogens with zero attached hydrogens (tertiary/aromatic N) is 2. The van der Waals surface area contributed by atoms with Crippen molar-refractivity contribution in [3.8, 4) is 17.9 Å². The zero-order valence-electron chi connectivity index (χ0n) is 10.6. The molecule has 0 saturated carbocycles. The van der Waals surface area contributed by atoms with Gasteiger partial charge in [0, 0.05) is 4.47 Å². The van der Waals surface area contributed by atoms with Crippen LogP contribution >= 0.6 is 15.9 Å². The first-order valence-corrected chi connectivity index (χ1v) is 6.52. The van der Waals surface area contributed by atoms with Crippen LogP contribution in [0.3, 0.4) is 0 Å². The van der Waals surface area contributed by atoms with E-state index in [1.807, 2.05) is 6.07 Å². The molecule has 0 aliphatic carbocycles. The summed E-state index contributed by atoms with van der Waals surface area (Å²) in [7, 11) is 1.54. The quantitative estimate of drug-likeness (QED) is 0.926. The van der Waals surface area contributed by atoms with Gasteiger partial charge < -0.3 is 10.1 Å². The maximum atomic E-state index is 9.17. The first-order valence-electron chi connectivity index (χ1n) is 5.73. The van der Waals surface area contributed by atoms with Crippen LogP contribution in [0.15, 0.2) is 40.9 Å². The molecule has 2 aromatic rings. The molecule has 4 nitrogen and oxygen atoms in total. The molecule has 2 aromatic carbocycles. The molecule has 20 heavy (non-hydrogen) atoms. The third-order valence-corrected chi connectivity index (χ3v) is 3.22. The minimum Gasteiger partial charge on any atom is -0.495 e. The Hall–Kier alpha value is -2.50. The van der Waals surface area contributed by atoms with Gasteiger partial charge in [-0.25, -0.2) is 0 Å². The highest BCUT2D eigenvalue weighted by molar-refractivity contribution is 9.10. The molecule has 98 valence electrons. The van der Waals surface area contributed by atoms with Crippen molar-refractivity contribution >= 4 is 27.3 Å². The molecular weight excluding hydrogens is 318 g/mol. The lowest BCUT2D eigenvalue weighted by atomic mass is 10.1. The zero-order chi connectivity index (χ0) is 14.5. The molecule has 0 unspecified atom stereocenters. The van der Waals surface area contributed by atoms with E-state index in [0.29, 0.717) is 28.3 Å². The van der Waals surface area contributed by atoms with Gasteiger partial charge in [0.15, 0.2) is 0 Å². The third-order valence-electron chi connectivity index (χ3n) is 2.73. The number of nitriles is 2. The summed E-state index contributed by atoms with van der Waals surface area (Å²) in [4.78, 5) is 0. The second-order valence-electron chi connectivity index (χ2n) is 3.92. The van der Waals surface area contributed by atoms with Gasteiger partial charge in [-0.3, -0.25) is 0 Å². The lowest BCUT2D eigenvalue weighted by molar-refractivity contribution is 0.416. The topological polar surface area (TPSA) is 68.8 Å². The van der Waals surface area contributed by atoms with Crippen LogP contribution in [0.25, 0.3) is 0 Å². The van der Waals surface area contributed by atoms with Crippen molar-refractivity contribution in [3.05, 3.63) is 52.0 Å². The van der Waals surface area contributed by atoms with E-state index < -0.39 is 0 Å². The molecular formula is C15H10BrN3O. The highest BCUT2D eigenvalue weighted by Crippen LogP contribution is 2.32. The van der Waals surface area contributed by atoms with Crippen LogP contribution in [-0.4, -0.2) is 7.11 Å². The maximum Gasteiger partial charge on any atom is 0.143 e. The number of hydrogen-bond acceptors (Lipinski definition) is 4. The Bertz CT molecular complexity index is 729. The molecule has 0 amide bonds. The Morgan fingerprint density at radius 2 is 1.85 bits per heavy atom. The second-order valence-corrected chi connectivity index (χ2v) is 4.84. The smallest absolute Gasteiger partial charge is 0.143 e. The van der Waals surface area contributed by atoms with E-state index in [1.54, 1.807) is 30.3 Å². The standard InChI is InChI=1S/C15H10BrN3O/c1-20-14-4-2-3-10(8-17)15(14)19-13-6-5-12(16)7-11(13)9-18/h2-7,19H,1H3. The Balaban J connectivity index is 2.51. The lowest BCUT2D eigenvalue weighted by Crippen LogP contribution is -1.99. The fraction of sp³-hybridized carbons (Fsp3) is 0.0667. The number of halogens is 1. The van der Waals surface area contributed by atoms with Crippen LogP contribution in [0.1, 0.15) is 11.1 Å². The highest BCUT2D eigenvalue weighted by Gasteiger charge is 2.11. The molecule has 0 aliphatic heterocycles. The van der Waals surface area contributed by atoms with Crippen molar-refractivity contribution in [1.82, 2.24) is 0 Å². The van der Waals surface area contributed by atoms with E-state index in [9.17, 15) is 0 Å². The number of methoxy groups -OCH3 is 1. The van der Waals surface area contributed by atoms with Gasteiger partial charge in [0.25, 0.3) is 0 Å². The molecule has 0 saturated heterocycles. The van der Waals surface area contributed by atoms with Crippen molar-refractivity contribution in [1.29, 1.82) is 10.5 Å². The Morgan fingerprint density at radius 1 is 1.10 bits per heavy atom. The van der Waals surface area contributed by atoms with E-state index in [4.69, 9.17) is 15.3 Å². The predicted molar refractivity (Wildman–Crippen MR) is 79.8 cm³/mol. The SMILES string of the molecule is COc1cccc(C#N)c1Nc1ccc(Br)cc1C#N. The molecule has 0 bridgehead atoms.